The normalized spacial score (nSPS) is 11.0. The summed E-state index contributed by atoms with van der Waals surface area (Å²) in [4.78, 5) is 12.9. The van der Waals surface area contributed by atoms with Gasteiger partial charge in [-0.1, -0.05) is 30.3 Å². The van der Waals surface area contributed by atoms with Gasteiger partial charge in [0.1, 0.15) is 5.82 Å². The summed E-state index contributed by atoms with van der Waals surface area (Å²) in [7, 11) is 0. The summed E-state index contributed by atoms with van der Waals surface area (Å²) in [6.07, 6.45) is 3.13. The van der Waals surface area contributed by atoms with Crippen LogP contribution in [0.15, 0.2) is 76.1 Å². The Morgan fingerprint density at radius 3 is 2.65 bits per heavy atom. The molecule has 0 saturated carbocycles. The molecule has 0 atom stereocenters. The summed E-state index contributed by atoms with van der Waals surface area (Å²) < 4.78 is 19.5. The van der Waals surface area contributed by atoms with E-state index in [-0.39, 0.29) is 5.82 Å². The Hall–Kier alpha value is -2.57. The highest BCUT2D eigenvalue weighted by atomic mass is 79.9. The number of hydrogen-bond acceptors (Lipinski definition) is 4. The van der Waals surface area contributed by atoms with Crippen LogP contribution >= 0.6 is 27.7 Å². The molecule has 0 bridgehead atoms. The topological polar surface area (TPSA) is 38.3 Å². The van der Waals surface area contributed by atoms with Crippen molar-refractivity contribution in [2.24, 2.45) is 0 Å². The Balaban J connectivity index is 1.88. The molecule has 31 heavy (non-hydrogen) atoms. The lowest BCUT2D eigenvalue weighted by Gasteiger charge is -2.14. The third-order valence-electron chi connectivity index (χ3n) is 4.49. The van der Waals surface area contributed by atoms with Crippen LogP contribution in [0.1, 0.15) is 23.6 Å². The molecule has 0 aliphatic carbocycles. The SMILES string of the molecule is CCOC(=O)C=Cc1cc(SCc2ccccc2)ccc1Nc1cc(F)c(Br)cc1C. The number of halogens is 2. The maximum Gasteiger partial charge on any atom is 0.330 e. The van der Waals surface area contributed by atoms with Crippen LogP contribution in [-0.4, -0.2) is 12.6 Å². The van der Waals surface area contributed by atoms with E-state index in [0.717, 1.165) is 27.5 Å². The number of aryl methyl sites for hydroxylation is 1. The molecule has 0 saturated heterocycles. The Bertz CT molecular complexity index is 1090. The molecule has 0 aliphatic heterocycles. The maximum atomic E-state index is 14.1. The molecule has 3 nitrogen and oxygen atoms in total. The highest BCUT2D eigenvalue weighted by Crippen LogP contribution is 2.32. The van der Waals surface area contributed by atoms with Gasteiger partial charge in [0.05, 0.1) is 11.1 Å². The van der Waals surface area contributed by atoms with Crippen molar-refractivity contribution in [2.75, 3.05) is 11.9 Å². The smallest absolute Gasteiger partial charge is 0.330 e. The number of anilines is 2. The Morgan fingerprint density at radius 2 is 1.90 bits per heavy atom. The van der Waals surface area contributed by atoms with Crippen molar-refractivity contribution in [3.05, 3.63) is 93.7 Å². The van der Waals surface area contributed by atoms with Crippen molar-refractivity contribution in [2.45, 2.75) is 24.5 Å². The van der Waals surface area contributed by atoms with Crippen molar-refractivity contribution in [1.82, 2.24) is 0 Å². The Morgan fingerprint density at radius 1 is 1.13 bits per heavy atom. The van der Waals surface area contributed by atoms with E-state index in [4.69, 9.17) is 4.74 Å². The van der Waals surface area contributed by atoms with E-state index >= 15 is 0 Å². The van der Waals surface area contributed by atoms with Crippen molar-refractivity contribution >= 4 is 51.1 Å². The summed E-state index contributed by atoms with van der Waals surface area (Å²) >= 11 is 4.92. The lowest BCUT2D eigenvalue weighted by atomic mass is 10.1. The number of ether oxygens (including phenoxy) is 1. The molecule has 0 fully saturated rings. The number of carbonyl (C=O) groups excluding carboxylic acids is 1. The minimum atomic E-state index is -0.401. The number of esters is 1. The van der Waals surface area contributed by atoms with Gasteiger partial charge in [0.2, 0.25) is 0 Å². The lowest BCUT2D eigenvalue weighted by Crippen LogP contribution is -2.00. The number of carbonyl (C=O) groups is 1. The fourth-order valence-electron chi connectivity index (χ4n) is 2.90. The van der Waals surface area contributed by atoms with Gasteiger partial charge in [0.25, 0.3) is 0 Å². The predicted molar refractivity (Wildman–Crippen MR) is 130 cm³/mol. The Kier molecular flexibility index (Phi) is 8.32. The van der Waals surface area contributed by atoms with Gasteiger partial charge >= 0.3 is 5.97 Å². The van der Waals surface area contributed by atoms with Crippen LogP contribution in [0.5, 0.6) is 0 Å². The van der Waals surface area contributed by atoms with Gasteiger partial charge < -0.3 is 10.1 Å². The van der Waals surface area contributed by atoms with E-state index in [1.54, 1.807) is 30.8 Å². The van der Waals surface area contributed by atoms with Gasteiger partial charge in [-0.15, -0.1) is 11.8 Å². The number of nitrogens with one attached hydrogen (secondary N) is 1. The standard InChI is InChI=1S/C25H23BrFNO2S/c1-3-30-25(29)12-9-19-14-20(31-16-18-7-5-4-6-8-18)10-11-23(19)28-24-15-22(27)21(26)13-17(24)2/h4-15,28H,3,16H2,1-2H3. The Labute approximate surface area is 194 Å². The van der Waals surface area contributed by atoms with Crippen molar-refractivity contribution in [1.29, 1.82) is 0 Å². The molecule has 0 unspecified atom stereocenters. The minimum absolute atomic E-state index is 0.318. The third kappa shape index (κ3) is 6.71. The van der Waals surface area contributed by atoms with Crippen molar-refractivity contribution < 1.29 is 13.9 Å². The van der Waals surface area contributed by atoms with Gasteiger partial charge in [0, 0.05) is 28.1 Å². The van der Waals surface area contributed by atoms with Gasteiger partial charge in [0.15, 0.2) is 0 Å². The van der Waals surface area contributed by atoms with Crippen LogP contribution < -0.4 is 5.32 Å². The fraction of sp³-hybridized carbons (Fsp3) is 0.160. The first kappa shape index (κ1) is 23.1. The molecule has 6 heteroatoms. The molecule has 1 N–H and O–H groups in total. The molecule has 0 heterocycles. The van der Waals surface area contributed by atoms with Crippen LogP contribution in [0.4, 0.5) is 15.8 Å². The first-order valence-corrected chi connectivity index (χ1v) is 11.6. The van der Waals surface area contributed by atoms with Crippen LogP contribution in [0.25, 0.3) is 6.08 Å². The molecule has 160 valence electrons. The quantitative estimate of drug-likeness (QED) is 0.197. The summed E-state index contributed by atoms with van der Waals surface area (Å²) in [5, 5.41) is 3.29. The molecule has 0 amide bonds. The highest BCUT2D eigenvalue weighted by molar-refractivity contribution is 9.10. The van der Waals surface area contributed by atoms with Crippen molar-refractivity contribution in [3.63, 3.8) is 0 Å². The fourth-order valence-corrected chi connectivity index (χ4v) is 4.26. The second-order valence-corrected chi connectivity index (χ2v) is 8.72. The van der Waals surface area contributed by atoms with Gasteiger partial charge in [-0.3, -0.25) is 0 Å². The molecule has 3 rings (SSSR count). The zero-order valence-electron chi connectivity index (χ0n) is 17.3. The number of hydrogen-bond donors (Lipinski definition) is 1. The largest absolute Gasteiger partial charge is 0.463 e. The monoisotopic (exact) mass is 499 g/mol. The zero-order valence-corrected chi connectivity index (χ0v) is 19.7. The first-order valence-electron chi connectivity index (χ1n) is 9.84. The molecule has 0 aliphatic rings. The number of rotatable bonds is 8. The molecule has 0 spiro atoms. The van der Waals surface area contributed by atoms with E-state index in [2.05, 4.69) is 33.4 Å². The van der Waals surface area contributed by atoms with Crippen LogP contribution in [0, 0.1) is 12.7 Å². The molecule has 3 aromatic rings. The van der Waals surface area contributed by atoms with Crippen LogP contribution in [0.3, 0.4) is 0 Å². The summed E-state index contributed by atoms with van der Waals surface area (Å²) in [5.41, 5.74) is 4.38. The minimum Gasteiger partial charge on any atom is -0.463 e. The van der Waals surface area contributed by atoms with E-state index in [1.165, 1.54) is 17.7 Å². The van der Waals surface area contributed by atoms with E-state index < -0.39 is 5.97 Å². The van der Waals surface area contributed by atoms with E-state index in [0.29, 0.717) is 16.8 Å². The molecule has 0 radical (unpaired) electrons. The molecule has 0 aromatic heterocycles. The van der Waals surface area contributed by atoms with Crippen molar-refractivity contribution in [3.8, 4) is 0 Å². The highest BCUT2D eigenvalue weighted by Gasteiger charge is 2.09. The summed E-state index contributed by atoms with van der Waals surface area (Å²) in [5.74, 6) is 0.0968. The number of thioether (sulfide) groups is 1. The van der Waals surface area contributed by atoms with E-state index in [1.807, 2.05) is 43.3 Å². The zero-order chi connectivity index (χ0) is 22.2. The molecular weight excluding hydrogens is 477 g/mol. The lowest BCUT2D eigenvalue weighted by molar-refractivity contribution is -0.137. The van der Waals surface area contributed by atoms with Crippen LogP contribution in [-0.2, 0) is 15.3 Å². The molecular formula is C25H23BrFNO2S. The van der Waals surface area contributed by atoms with E-state index in [9.17, 15) is 9.18 Å². The van der Waals surface area contributed by atoms with Gasteiger partial charge in [-0.25, -0.2) is 9.18 Å². The second-order valence-electron chi connectivity index (χ2n) is 6.81. The van der Waals surface area contributed by atoms with Gasteiger partial charge in [-0.05, 0) is 82.9 Å². The average molecular weight is 500 g/mol. The summed E-state index contributed by atoms with van der Waals surface area (Å²) in [6, 6.07) is 19.4. The summed E-state index contributed by atoms with van der Waals surface area (Å²) in [6.45, 7) is 3.99. The van der Waals surface area contributed by atoms with Gasteiger partial charge in [-0.2, -0.15) is 0 Å². The number of benzene rings is 3. The van der Waals surface area contributed by atoms with Crippen LogP contribution in [0.2, 0.25) is 0 Å². The predicted octanol–water partition coefficient (Wildman–Crippen LogP) is 7.51. The third-order valence-corrected chi connectivity index (χ3v) is 6.17. The molecule has 3 aromatic carbocycles. The first-order chi connectivity index (χ1) is 15.0. The maximum absolute atomic E-state index is 14.1. The second kappa shape index (κ2) is 11.2. The average Bonchev–Trinajstić information content (AvgIpc) is 2.76.